The minimum atomic E-state index is 0.326. The first-order valence-corrected chi connectivity index (χ1v) is 8.79. The number of quaternary nitrogens is 1. The summed E-state index contributed by atoms with van der Waals surface area (Å²) in [7, 11) is 4.69. The van der Waals surface area contributed by atoms with Crippen molar-refractivity contribution in [3.8, 4) is 23.0 Å². The molecule has 0 aromatic heterocycles. The maximum Gasteiger partial charge on any atom is 0.231 e. The summed E-state index contributed by atoms with van der Waals surface area (Å²) in [5.41, 5.74) is 5.57. The maximum absolute atomic E-state index is 5.63. The number of hydrogen-bond donors (Lipinski definition) is 0. The van der Waals surface area contributed by atoms with Crippen LogP contribution in [0.3, 0.4) is 0 Å². The normalized spacial score (nSPS) is 26.2. The van der Waals surface area contributed by atoms with E-state index in [2.05, 4.69) is 38.4 Å². The van der Waals surface area contributed by atoms with Gasteiger partial charge in [-0.3, -0.25) is 0 Å². The Kier molecular flexibility index (Phi) is 2.44. The molecule has 4 aliphatic rings. The molecule has 0 saturated carbocycles. The molecule has 0 spiro atoms. The molecule has 5 nitrogen and oxygen atoms in total. The monoisotopic (exact) mass is 338 g/mol. The molecule has 4 heterocycles. The van der Waals surface area contributed by atoms with E-state index >= 15 is 0 Å². The lowest BCUT2D eigenvalue weighted by Gasteiger charge is -2.52. The highest BCUT2D eigenvalue weighted by atomic mass is 16.7. The van der Waals surface area contributed by atoms with Crippen LogP contribution in [-0.2, 0) is 12.8 Å². The highest BCUT2D eigenvalue weighted by molar-refractivity contribution is 5.55. The SMILES string of the molecule is C[N+]1(C)[C@@H]2Cc3cc4c(cc3[C@H]1Cc1cc3c(cc12)OCO3)OCO4. The molecular weight excluding hydrogens is 318 g/mol. The Morgan fingerprint density at radius 1 is 0.680 bits per heavy atom. The Morgan fingerprint density at radius 3 is 1.52 bits per heavy atom. The molecule has 0 radical (unpaired) electrons. The predicted octanol–water partition coefficient (Wildman–Crippen LogP) is 3.12. The summed E-state index contributed by atoms with van der Waals surface area (Å²) >= 11 is 0. The summed E-state index contributed by atoms with van der Waals surface area (Å²) in [5, 5.41) is 0. The largest absolute Gasteiger partial charge is 0.454 e. The topological polar surface area (TPSA) is 36.9 Å². The van der Waals surface area contributed by atoms with E-state index in [1.54, 1.807) is 0 Å². The van der Waals surface area contributed by atoms with Gasteiger partial charge >= 0.3 is 0 Å². The molecule has 6 rings (SSSR count). The van der Waals surface area contributed by atoms with Crippen molar-refractivity contribution in [2.75, 3.05) is 27.7 Å². The molecule has 25 heavy (non-hydrogen) atoms. The van der Waals surface area contributed by atoms with Gasteiger partial charge in [0.2, 0.25) is 13.6 Å². The van der Waals surface area contributed by atoms with Crippen LogP contribution in [0.5, 0.6) is 23.0 Å². The van der Waals surface area contributed by atoms with E-state index in [0.29, 0.717) is 25.7 Å². The zero-order valence-electron chi connectivity index (χ0n) is 14.4. The van der Waals surface area contributed by atoms with E-state index in [1.165, 1.54) is 22.3 Å². The minimum absolute atomic E-state index is 0.326. The molecule has 0 amide bonds. The average Bonchev–Trinajstić information content (AvgIpc) is 3.21. The van der Waals surface area contributed by atoms with Gasteiger partial charge in [0, 0.05) is 24.0 Å². The number of ether oxygens (including phenoxy) is 4. The number of fused-ring (bicyclic) bond motifs is 8. The fourth-order valence-corrected chi connectivity index (χ4v) is 5.01. The first-order chi connectivity index (χ1) is 12.1. The van der Waals surface area contributed by atoms with Crippen LogP contribution in [-0.4, -0.2) is 32.2 Å². The molecule has 0 aliphatic carbocycles. The minimum Gasteiger partial charge on any atom is -0.454 e. The molecule has 2 aromatic carbocycles. The molecule has 0 fully saturated rings. The predicted molar refractivity (Wildman–Crippen MR) is 90.1 cm³/mol. The number of likely N-dealkylation sites (N-methyl/N-ethyl adjacent to an activating group) is 1. The van der Waals surface area contributed by atoms with Crippen LogP contribution in [0, 0.1) is 0 Å². The molecule has 0 saturated heterocycles. The van der Waals surface area contributed by atoms with Gasteiger partial charge in [-0.2, -0.15) is 0 Å². The number of rotatable bonds is 0. The lowest BCUT2D eigenvalue weighted by Crippen LogP contribution is -2.53. The highest BCUT2D eigenvalue weighted by Gasteiger charge is 2.49. The Labute approximate surface area is 146 Å². The van der Waals surface area contributed by atoms with Crippen molar-refractivity contribution in [1.29, 1.82) is 0 Å². The van der Waals surface area contributed by atoms with Crippen LogP contribution < -0.4 is 18.9 Å². The number of hydrogen-bond acceptors (Lipinski definition) is 4. The fraction of sp³-hybridized carbons (Fsp3) is 0.400. The lowest BCUT2D eigenvalue weighted by atomic mass is 9.75. The van der Waals surface area contributed by atoms with Crippen molar-refractivity contribution in [1.82, 2.24) is 0 Å². The first-order valence-electron chi connectivity index (χ1n) is 8.79. The second kappa shape index (κ2) is 4.41. The zero-order valence-corrected chi connectivity index (χ0v) is 14.4. The summed E-state index contributed by atoms with van der Waals surface area (Å²) in [6.45, 7) is 0.651. The van der Waals surface area contributed by atoms with Crippen molar-refractivity contribution in [2.24, 2.45) is 0 Å². The van der Waals surface area contributed by atoms with Gasteiger partial charge in [-0.15, -0.1) is 0 Å². The third kappa shape index (κ3) is 1.71. The Bertz CT molecular complexity index is 847. The fourth-order valence-electron chi connectivity index (χ4n) is 5.01. The number of nitrogens with zero attached hydrogens (tertiary/aromatic N) is 1. The average molecular weight is 338 g/mol. The summed E-state index contributed by atoms with van der Waals surface area (Å²) < 4.78 is 23.4. The van der Waals surface area contributed by atoms with E-state index in [0.717, 1.165) is 40.3 Å². The Hall–Kier alpha value is -2.40. The van der Waals surface area contributed by atoms with E-state index in [4.69, 9.17) is 18.9 Å². The molecule has 2 bridgehead atoms. The Balaban J connectivity index is 1.54. The molecule has 2 aromatic rings. The standard InChI is InChI=1S/C20H20NO4/c1-21(2)15-3-11-5-17-19(24-9-22-17)7-13(11)16(21)4-12-6-18-20(8-14(12)15)25-10-23-18/h5-8,15-16H,3-4,9-10H2,1-2H3/q+1/t15-,16-/m1/s1. The van der Waals surface area contributed by atoms with Gasteiger partial charge in [0.1, 0.15) is 12.1 Å². The van der Waals surface area contributed by atoms with Crippen LogP contribution >= 0.6 is 0 Å². The molecular formula is C20H20NO4+. The first kappa shape index (κ1) is 13.8. The van der Waals surface area contributed by atoms with Gasteiger partial charge in [-0.1, -0.05) is 0 Å². The summed E-state index contributed by atoms with van der Waals surface area (Å²) in [4.78, 5) is 0. The second-order valence-corrected chi connectivity index (χ2v) is 7.88. The maximum atomic E-state index is 5.63. The molecule has 0 N–H and O–H groups in total. The third-order valence-electron chi connectivity index (χ3n) is 6.42. The van der Waals surface area contributed by atoms with Crippen LogP contribution in [0.25, 0.3) is 0 Å². The van der Waals surface area contributed by atoms with Crippen LogP contribution in [0.1, 0.15) is 34.3 Å². The van der Waals surface area contributed by atoms with Gasteiger partial charge in [0.05, 0.1) is 14.1 Å². The van der Waals surface area contributed by atoms with Crippen LogP contribution in [0.4, 0.5) is 0 Å². The van der Waals surface area contributed by atoms with E-state index in [-0.39, 0.29) is 0 Å². The smallest absolute Gasteiger partial charge is 0.231 e. The molecule has 128 valence electrons. The molecule has 0 unspecified atom stereocenters. The molecule has 2 atom stereocenters. The van der Waals surface area contributed by atoms with E-state index in [1.807, 2.05) is 0 Å². The van der Waals surface area contributed by atoms with Crippen LogP contribution in [0.15, 0.2) is 24.3 Å². The summed E-state index contributed by atoms with van der Waals surface area (Å²) in [5.74, 6) is 3.53. The quantitative estimate of drug-likeness (QED) is 0.692. The summed E-state index contributed by atoms with van der Waals surface area (Å²) in [6, 6.07) is 9.61. The van der Waals surface area contributed by atoms with Gasteiger partial charge in [0.25, 0.3) is 0 Å². The van der Waals surface area contributed by atoms with E-state index < -0.39 is 0 Å². The molecule has 5 heteroatoms. The van der Waals surface area contributed by atoms with E-state index in [9.17, 15) is 0 Å². The van der Waals surface area contributed by atoms with Crippen LogP contribution in [0.2, 0.25) is 0 Å². The van der Waals surface area contributed by atoms with Crippen molar-refractivity contribution < 1.29 is 23.4 Å². The van der Waals surface area contributed by atoms with Crippen molar-refractivity contribution in [2.45, 2.75) is 24.9 Å². The van der Waals surface area contributed by atoms with Gasteiger partial charge in [0.15, 0.2) is 23.0 Å². The second-order valence-electron chi connectivity index (χ2n) is 7.88. The summed E-state index contributed by atoms with van der Waals surface area (Å²) in [6.07, 6.45) is 2.00. The van der Waals surface area contributed by atoms with Crippen molar-refractivity contribution in [3.63, 3.8) is 0 Å². The van der Waals surface area contributed by atoms with Crippen molar-refractivity contribution >= 4 is 0 Å². The van der Waals surface area contributed by atoms with Crippen molar-refractivity contribution in [3.05, 3.63) is 46.5 Å². The molecule has 4 aliphatic heterocycles. The zero-order chi connectivity index (χ0) is 16.8. The highest BCUT2D eigenvalue weighted by Crippen LogP contribution is 2.54. The number of benzene rings is 2. The van der Waals surface area contributed by atoms with Gasteiger partial charge in [-0.05, 0) is 35.4 Å². The van der Waals surface area contributed by atoms with Gasteiger partial charge < -0.3 is 23.4 Å². The van der Waals surface area contributed by atoms with Gasteiger partial charge in [-0.25, -0.2) is 0 Å². The lowest BCUT2D eigenvalue weighted by molar-refractivity contribution is -0.955. The Morgan fingerprint density at radius 2 is 1.08 bits per heavy atom. The third-order valence-corrected chi connectivity index (χ3v) is 6.42.